The summed E-state index contributed by atoms with van der Waals surface area (Å²) in [6.45, 7) is 1.82. The summed E-state index contributed by atoms with van der Waals surface area (Å²) in [7, 11) is 1.80. The van der Waals surface area contributed by atoms with Crippen LogP contribution in [0.25, 0.3) is 0 Å². The molecular formula is C12H18ClF2N3. The SMILES string of the molecule is Cc1nn(C)c(CC(N)C2CCC(F)(F)C2)c1Cl. The highest BCUT2D eigenvalue weighted by atomic mass is 35.5. The summed E-state index contributed by atoms with van der Waals surface area (Å²) in [5.74, 6) is -2.68. The first-order chi connectivity index (χ1) is 8.30. The minimum absolute atomic E-state index is 0.0521. The highest BCUT2D eigenvalue weighted by Gasteiger charge is 2.41. The van der Waals surface area contributed by atoms with E-state index < -0.39 is 5.92 Å². The van der Waals surface area contributed by atoms with Crippen molar-refractivity contribution in [3.8, 4) is 0 Å². The van der Waals surface area contributed by atoms with Crippen molar-refractivity contribution in [2.75, 3.05) is 0 Å². The lowest BCUT2D eigenvalue weighted by Gasteiger charge is -2.19. The van der Waals surface area contributed by atoms with Crippen molar-refractivity contribution < 1.29 is 8.78 Å². The van der Waals surface area contributed by atoms with Gasteiger partial charge >= 0.3 is 0 Å². The maximum atomic E-state index is 13.2. The van der Waals surface area contributed by atoms with Gasteiger partial charge in [0.15, 0.2) is 0 Å². The van der Waals surface area contributed by atoms with Gasteiger partial charge < -0.3 is 5.73 Å². The van der Waals surface area contributed by atoms with E-state index in [0.29, 0.717) is 17.9 Å². The summed E-state index contributed by atoms with van der Waals surface area (Å²) in [5, 5.41) is 4.79. The van der Waals surface area contributed by atoms with Gasteiger partial charge in [-0.1, -0.05) is 11.6 Å². The van der Waals surface area contributed by atoms with E-state index in [0.717, 1.165) is 11.4 Å². The largest absolute Gasteiger partial charge is 0.327 e. The Morgan fingerprint density at radius 3 is 2.72 bits per heavy atom. The molecule has 0 radical (unpaired) electrons. The number of halogens is 3. The number of hydrogen-bond acceptors (Lipinski definition) is 2. The van der Waals surface area contributed by atoms with Crippen LogP contribution in [0.1, 0.15) is 30.7 Å². The van der Waals surface area contributed by atoms with Crippen LogP contribution in [0, 0.1) is 12.8 Å². The number of aryl methyl sites for hydroxylation is 2. The molecule has 1 aromatic rings. The van der Waals surface area contributed by atoms with Crippen LogP contribution in [0.5, 0.6) is 0 Å². The fourth-order valence-corrected chi connectivity index (χ4v) is 2.88. The number of nitrogens with zero attached hydrogens (tertiary/aromatic N) is 2. The van der Waals surface area contributed by atoms with Crippen molar-refractivity contribution in [2.45, 2.75) is 44.6 Å². The molecule has 0 aliphatic heterocycles. The summed E-state index contributed by atoms with van der Waals surface area (Å²) >= 11 is 6.13. The molecule has 6 heteroatoms. The molecule has 0 saturated heterocycles. The van der Waals surface area contributed by atoms with Crippen molar-refractivity contribution in [3.05, 3.63) is 16.4 Å². The minimum atomic E-state index is -2.55. The van der Waals surface area contributed by atoms with Crippen LogP contribution in [0.15, 0.2) is 0 Å². The van der Waals surface area contributed by atoms with E-state index in [1.54, 1.807) is 11.7 Å². The van der Waals surface area contributed by atoms with Crippen LogP contribution < -0.4 is 5.73 Å². The van der Waals surface area contributed by atoms with Crippen LogP contribution in [0.2, 0.25) is 5.02 Å². The van der Waals surface area contributed by atoms with Gasteiger partial charge in [0.2, 0.25) is 5.92 Å². The summed E-state index contributed by atoms with van der Waals surface area (Å²) in [6, 6.07) is -0.286. The highest BCUT2D eigenvalue weighted by Crippen LogP contribution is 2.40. The van der Waals surface area contributed by atoms with Gasteiger partial charge in [0, 0.05) is 32.4 Å². The second kappa shape index (κ2) is 4.78. The molecule has 3 nitrogen and oxygen atoms in total. The molecule has 1 heterocycles. The molecule has 18 heavy (non-hydrogen) atoms. The van der Waals surface area contributed by atoms with Gasteiger partial charge in [-0.25, -0.2) is 8.78 Å². The highest BCUT2D eigenvalue weighted by molar-refractivity contribution is 6.31. The number of alkyl halides is 2. The second-order valence-electron chi connectivity index (χ2n) is 5.20. The molecule has 1 aliphatic carbocycles. The van der Waals surface area contributed by atoms with Gasteiger partial charge in [-0.2, -0.15) is 5.10 Å². The molecule has 1 aliphatic rings. The lowest BCUT2D eigenvalue weighted by molar-refractivity contribution is 0.00391. The van der Waals surface area contributed by atoms with Crippen molar-refractivity contribution in [1.29, 1.82) is 0 Å². The molecule has 2 rings (SSSR count). The van der Waals surface area contributed by atoms with E-state index in [1.165, 1.54) is 0 Å². The summed E-state index contributed by atoms with van der Waals surface area (Å²) < 4.78 is 28.0. The molecule has 2 atom stereocenters. The van der Waals surface area contributed by atoms with Crippen LogP contribution in [-0.4, -0.2) is 21.7 Å². The van der Waals surface area contributed by atoms with Gasteiger partial charge in [0.25, 0.3) is 0 Å². The Morgan fingerprint density at radius 2 is 2.28 bits per heavy atom. The first kappa shape index (κ1) is 13.7. The standard InChI is InChI=1S/C12H18ClF2N3/c1-7-11(13)10(18(2)17-7)5-9(16)8-3-4-12(14,15)6-8/h8-9H,3-6,16H2,1-2H3. The molecule has 0 aromatic carbocycles. The van der Waals surface area contributed by atoms with E-state index in [4.69, 9.17) is 17.3 Å². The Morgan fingerprint density at radius 1 is 1.61 bits per heavy atom. The fourth-order valence-electron chi connectivity index (χ4n) is 2.64. The smallest absolute Gasteiger partial charge is 0.248 e. The minimum Gasteiger partial charge on any atom is -0.327 e. The quantitative estimate of drug-likeness (QED) is 0.923. The second-order valence-corrected chi connectivity index (χ2v) is 5.57. The Hall–Kier alpha value is -0.680. The molecule has 0 spiro atoms. The molecule has 1 saturated carbocycles. The normalized spacial score (nSPS) is 24.4. The molecule has 1 aromatic heterocycles. The molecule has 0 amide bonds. The van der Waals surface area contributed by atoms with Crippen molar-refractivity contribution in [3.63, 3.8) is 0 Å². The average molecular weight is 278 g/mol. The van der Waals surface area contributed by atoms with E-state index >= 15 is 0 Å². The van der Waals surface area contributed by atoms with Crippen LogP contribution >= 0.6 is 11.6 Å². The summed E-state index contributed by atoms with van der Waals surface area (Å²) in [6.07, 6.45) is 0.825. The number of nitrogens with two attached hydrogens (primary N) is 1. The molecule has 1 fully saturated rings. The monoisotopic (exact) mass is 277 g/mol. The van der Waals surface area contributed by atoms with Gasteiger partial charge in [0.1, 0.15) is 0 Å². The molecule has 102 valence electrons. The Bertz CT molecular complexity index is 445. The summed E-state index contributed by atoms with van der Waals surface area (Å²) in [5.41, 5.74) is 7.62. The predicted octanol–water partition coefficient (Wildman–Crippen LogP) is 2.69. The maximum Gasteiger partial charge on any atom is 0.248 e. The topological polar surface area (TPSA) is 43.8 Å². The zero-order chi connectivity index (χ0) is 13.5. The zero-order valence-corrected chi connectivity index (χ0v) is 11.3. The molecule has 2 unspecified atom stereocenters. The van der Waals surface area contributed by atoms with Crippen LogP contribution in [0.3, 0.4) is 0 Å². The van der Waals surface area contributed by atoms with Crippen molar-refractivity contribution in [1.82, 2.24) is 9.78 Å². The Labute approximate surface area is 110 Å². The van der Waals surface area contributed by atoms with Crippen LogP contribution in [0.4, 0.5) is 8.78 Å². The number of rotatable bonds is 3. The molecule has 0 bridgehead atoms. The molecular weight excluding hydrogens is 260 g/mol. The van der Waals surface area contributed by atoms with Gasteiger partial charge in [-0.3, -0.25) is 4.68 Å². The van der Waals surface area contributed by atoms with Crippen LogP contribution in [-0.2, 0) is 13.5 Å². The maximum absolute atomic E-state index is 13.2. The fraction of sp³-hybridized carbons (Fsp3) is 0.750. The van der Waals surface area contributed by atoms with E-state index in [-0.39, 0.29) is 24.8 Å². The Kier molecular flexibility index (Phi) is 3.65. The van der Waals surface area contributed by atoms with Gasteiger partial charge in [-0.15, -0.1) is 0 Å². The first-order valence-electron chi connectivity index (χ1n) is 6.11. The van der Waals surface area contributed by atoms with E-state index in [1.807, 2.05) is 6.92 Å². The Balaban J connectivity index is 2.06. The molecule has 2 N–H and O–H groups in total. The average Bonchev–Trinajstić information content (AvgIpc) is 2.74. The lowest BCUT2D eigenvalue weighted by Crippen LogP contribution is -2.32. The van der Waals surface area contributed by atoms with Crippen molar-refractivity contribution >= 4 is 11.6 Å². The first-order valence-corrected chi connectivity index (χ1v) is 6.49. The lowest BCUT2D eigenvalue weighted by atomic mass is 9.94. The third kappa shape index (κ3) is 2.67. The third-order valence-corrected chi connectivity index (χ3v) is 4.23. The van der Waals surface area contributed by atoms with E-state index in [9.17, 15) is 8.78 Å². The zero-order valence-electron chi connectivity index (χ0n) is 10.6. The van der Waals surface area contributed by atoms with E-state index in [2.05, 4.69) is 5.10 Å². The van der Waals surface area contributed by atoms with Gasteiger partial charge in [-0.05, 0) is 19.3 Å². The summed E-state index contributed by atoms with van der Waals surface area (Å²) in [4.78, 5) is 0. The predicted molar refractivity (Wildman–Crippen MR) is 66.9 cm³/mol. The number of hydrogen-bond donors (Lipinski definition) is 1. The van der Waals surface area contributed by atoms with Gasteiger partial charge in [0.05, 0.1) is 16.4 Å². The third-order valence-electron chi connectivity index (χ3n) is 3.74. The number of aromatic nitrogens is 2. The van der Waals surface area contributed by atoms with Crippen molar-refractivity contribution in [2.24, 2.45) is 18.7 Å².